The van der Waals surface area contributed by atoms with Crippen molar-refractivity contribution in [3.63, 3.8) is 0 Å². The zero-order valence-electron chi connectivity index (χ0n) is 12.9. The van der Waals surface area contributed by atoms with Crippen LogP contribution in [0.25, 0.3) is 11.4 Å². The molecule has 1 aromatic carbocycles. The summed E-state index contributed by atoms with van der Waals surface area (Å²) in [6, 6.07) is 10.6. The average molecular weight is 361 g/mol. The number of amides is 1. The van der Waals surface area contributed by atoms with Gasteiger partial charge in [0.15, 0.2) is 5.82 Å². The van der Waals surface area contributed by atoms with Crippen LogP contribution in [-0.2, 0) is 0 Å². The molecular formula is C16H13ClN4O2S. The van der Waals surface area contributed by atoms with Gasteiger partial charge in [-0.15, -0.1) is 0 Å². The molecule has 3 aromatic rings. The third-order valence-electron chi connectivity index (χ3n) is 3.29. The van der Waals surface area contributed by atoms with E-state index in [1.807, 2.05) is 24.3 Å². The van der Waals surface area contributed by atoms with Crippen molar-refractivity contribution in [1.29, 1.82) is 0 Å². The first-order valence-electron chi connectivity index (χ1n) is 6.99. The summed E-state index contributed by atoms with van der Waals surface area (Å²) in [4.78, 5) is 20.7. The molecule has 0 radical (unpaired) electrons. The fraction of sp³-hybridized carbons (Fsp3) is 0.125. The molecule has 24 heavy (non-hydrogen) atoms. The molecule has 3 rings (SSSR count). The smallest absolute Gasteiger partial charge is 0.259 e. The number of rotatable bonds is 4. The van der Waals surface area contributed by atoms with Crippen molar-refractivity contribution in [1.82, 2.24) is 14.3 Å². The number of pyridine rings is 1. The number of hydrogen-bond acceptors (Lipinski definition) is 6. The van der Waals surface area contributed by atoms with Crippen molar-refractivity contribution in [3.8, 4) is 17.1 Å². The van der Waals surface area contributed by atoms with Crippen LogP contribution in [0.2, 0.25) is 5.15 Å². The van der Waals surface area contributed by atoms with Crippen LogP contribution in [0, 0.1) is 6.92 Å². The number of carbonyl (C=O) groups is 1. The molecule has 8 heteroatoms. The number of benzene rings is 1. The largest absolute Gasteiger partial charge is 0.497 e. The van der Waals surface area contributed by atoms with Crippen molar-refractivity contribution < 1.29 is 9.53 Å². The van der Waals surface area contributed by atoms with Gasteiger partial charge < -0.3 is 4.74 Å². The summed E-state index contributed by atoms with van der Waals surface area (Å²) in [6.07, 6.45) is 0. The maximum Gasteiger partial charge on any atom is 0.259 e. The number of nitrogens with one attached hydrogen (secondary N) is 1. The Bertz CT molecular complexity index is 880. The summed E-state index contributed by atoms with van der Waals surface area (Å²) >= 11 is 6.92. The van der Waals surface area contributed by atoms with Crippen LogP contribution in [-0.4, -0.2) is 27.4 Å². The number of hydrogen-bond donors (Lipinski definition) is 1. The van der Waals surface area contributed by atoms with E-state index in [1.54, 1.807) is 26.2 Å². The second kappa shape index (κ2) is 6.94. The van der Waals surface area contributed by atoms with Gasteiger partial charge in [0, 0.05) is 17.1 Å². The molecule has 0 fully saturated rings. The third kappa shape index (κ3) is 3.52. The number of carbonyl (C=O) groups excluding carboxylic acids is 1. The fourth-order valence-electron chi connectivity index (χ4n) is 2.07. The van der Waals surface area contributed by atoms with Gasteiger partial charge in [0.05, 0.1) is 18.4 Å². The van der Waals surface area contributed by atoms with Crippen molar-refractivity contribution in [2.75, 3.05) is 12.4 Å². The molecule has 0 aliphatic rings. The molecule has 0 bridgehead atoms. The van der Waals surface area contributed by atoms with Crippen LogP contribution in [0.4, 0.5) is 5.13 Å². The highest BCUT2D eigenvalue weighted by molar-refractivity contribution is 7.10. The van der Waals surface area contributed by atoms with Crippen LogP contribution in [0.5, 0.6) is 5.75 Å². The quantitative estimate of drug-likeness (QED) is 0.715. The standard InChI is InChI=1S/C16H13ClN4O2S/c1-9-12(7-8-13(17)18-9)15(22)20-16-19-14(21-24-16)10-3-5-11(23-2)6-4-10/h3-8H,1-2H3,(H,19,20,21,22). The molecule has 1 N–H and O–H groups in total. The summed E-state index contributed by atoms with van der Waals surface area (Å²) in [7, 11) is 1.61. The molecule has 0 unspecified atom stereocenters. The maximum atomic E-state index is 12.3. The zero-order valence-corrected chi connectivity index (χ0v) is 14.5. The van der Waals surface area contributed by atoms with Crippen LogP contribution >= 0.6 is 23.1 Å². The third-order valence-corrected chi connectivity index (χ3v) is 4.13. The Morgan fingerprint density at radius 2 is 1.92 bits per heavy atom. The Morgan fingerprint density at radius 3 is 2.58 bits per heavy atom. The highest BCUT2D eigenvalue weighted by atomic mass is 35.5. The maximum absolute atomic E-state index is 12.3. The molecule has 0 aliphatic heterocycles. The number of aromatic nitrogens is 3. The number of halogens is 1. The van der Waals surface area contributed by atoms with Gasteiger partial charge in [0.25, 0.3) is 5.91 Å². The first-order chi connectivity index (χ1) is 11.6. The Labute approximate surface area is 147 Å². The molecule has 0 aliphatic carbocycles. The van der Waals surface area contributed by atoms with Crippen LogP contribution < -0.4 is 10.1 Å². The minimum absolute atomic E-state index is 0.297. The fourth-order valence-corrected chi connectivity index (χ4v) is 2.84. The zero-order chi connectivity index (χ0) is 17.1. The number of nitrogens with zero attached hydrogens (tertiary/aromatic N) is 3. The van der Waals surface area contributed by atoms with Gasteiger partial charge in [-0.1, -0.05) is 11.6 Å². The van der Waals surface area contributed by atoms with Crippen molar-refractivity contribution >= 4 is 34.2 Å². The second-order valence-corrected chi connectivity index (χ2v) is 6.01. The van der Waals surface area contributed by atoms with Gasteiger partial charge in [-0.25, -0.2) is 4.98 Å². The number of methoxy groups -OCH3 is 1. The second-order valence-electron chi connectivity index (χ2n) is 4.87. The molecule has 122 valence electrons. The van der Waals surface area contributed by atoms with Crippen molar-refractivity contribution in [2.45, 2.75) is 6.92 Å². The molecule has 2 aromatic heterocycles. The molecular weight excluding hydrogens is 348 g/mol. The molecule has 0 atom stereocenters. The van der Waals surface area contributed by atoms with Crippen LogP contribution in [0.15, 0.2) is 36.4 Å². The lowest BCUT2D eigenvalue weighted by atomic mass is 10.2. The number of anilines is 1. The summed E-state index contributed by atoms with van der Waals surface area (Å²) < 4.78 is 9.38. The lowest BCUT2D eigenvalue weighted by Gasteiger charge is -2.04. The van der Waals surface area contributed by atoms with E-state index in [1.165, 1.54) is 0 Å². The molecule has 0 spiro atoms. The van der Waals surface area contributed by atoms with Gasteiger partial charge in [0.2, 0.25) is 5.13 Å². The molecule has 0 saturated heterocycles. The van der Waals surface area contributed by atoms with E-state index in [4.69, 9.17) is 16.3 Å². The highest BCUT2D eigenvalue weighted by Gasteiger charge is 2.14. The van der Waals surface area contributed by atoms with E-state index in [-0.39, 0.29) is 5.91 Å². The molecule has 2 heterocycles. The topological polar surface area (TPSA) is 77.0 Å². The number of ether oxygens (including phenoxy) is 1. The molecule has 6 nitrogen and oxygen atoms in total. The predicted octanol–water partition coefficient (Wildman–Crippen LogP) is 3.82. The summed E-state index contributed by atoms with van der Waals surface area (Å²) in [5.74, 6) is 1.01. The van der Waals surface area contributed by atoms with Crippen LogP contribution in [0.1, 0.15) is 16.1 Å². The number of aryl methyl sites for hydroxylation is 1. The van der Waals surface area contributed by atoms with E-state index in [2.05, 4.69) is 19.7 Å². The Hall–Kier alpha value is -2.51. The normalized spacial score (nSPS) is 10.5. The van der Waals surface area contributed by atoms with E-state index < -0.39 is 0 Å². The van der Waals surface area contributed by atoms with Gasteiger partial charge in [-0.2, -0.15) is 9.36 Å². The molecule has 1 amide bonds. The average Bonchev–Trinajstić information content (AvgIpc) is 3.03. The minimum Gasteiger partial charge on any atom is -0.497 e. The van der Waals surface area contributed by atoms with E-state index >= 15 is 0 Å². The lowest BCUT2D eigenvalue weighted by Crippen LogP contribution is -2.13. The predicted molar refractivity (Wildman–Crippen MR) is 93.8 cm³/mol. The van der Waals surface area contributed by atoms with Gasteiger partial charge in [-0.3, -0.25) is 10.1 Å². The first-order valence-corrected chi connectivity index (χ1v) is 8.14. The van der Waals surface area contributed by atoms with E-state index in [0.717, 1.165) is 22.8 Å². The van der Waals surface area contributed by atoms with E-state index in [0.29, 0.717) is 27.4 Å². The Balaban J connectivity index is 1.76. The van der Waals surface area contributed by atoms with Crippen LogP contribution in [0.3, 0.4) is 0 Å². The van der Waals surface area contributed by atoms with Crippen molar-refractivity contribution in [3.05, 3.63) is 52.8 Å². The van der Waals surface area contributed by atoms with Crippen molar-refractivity contribution in [2.24, 2.45) is 0 Å². The Kier molecular flexibility index (Phi) is 4.73. The summed E-state index contributed by atoms with van der Waals surface area (Å²) in [5.41, 5.74) is 1.84. The summed E-state index contributed by atoms with van der Waals surface area (Å²) in [6.45, 7) is 1.73. The Morgan fingerprint density at radius 1 is 1.17 bits per heavy atom. The SMILES string of the molecule is COc1ccc(-c2nsc(NC(=O)c3ccc(Cl)nc3C)n2)cc1. The van der Waals surface area contributed by atoms with Gasteiger partial charge >= 0.3 is 0 Å². The highest BCUT2D eigenvalue weighted by Crippen LogP contribution is 2.24. The van der Waals surface area contributed by atoms with Gasteiger partial charge in [-0.05, 0) is 43.3 Å². The molecule has 0 saturated carbocycles. The monoisotopic (exact) mass is 360 g/mol. The first kappa shape index (κ1) is 16.4. The minimum atomic E-state index is -0.297. The van der Waals surface area contributed by atoms with E-state index in [9.17, 15) is 4.79 Å². The van der Waals surface area contributed by atoms with Gasteiger partial charge in [0.1, 0.15) is 10.9 Å². The lowest BCUT2D eigenvalue weighted by molar-refractivity contribution is 0.102. The summed E-state index contributed by atoms with van der Waals surface area (Å²) in [5, 5.41) is 3.50.